The van der Waals surface area contributed by atoms with Gasteiger partial charge >= 0.3 is 0 Å². The number of oxime groups is 1. The molecule has 0 aliphatic carbocycles. The highest BCUT2D eigenvalue weighted by atomic mass is 32.1. The molecule has 1 atom stereocenters. The topological polar surface area (TPSA) is 115 Å². The number of aliphatic hydroxyl groups excluding tert-OH is 2. The van der Waals surface area contributed by atoms with E-state index in [1.165, 1.54) is 11.1 Å². The first-order chi connectivity index (χ1) is 17.2. The summed E-state index contributed by atoms with van der Waals surface area (Å²) in [7, 11) is 0. The van der Waals surface area contributed by atoms with Gasteiger partial charge in [0.05, 0.1) is 6.10 Å². The Morgan fingerprint density at radius 2 is 1.83 bits per heavy atom. The lowest BCUT2D eigenvalue weighted by molar-refractivity contribution is -0.124. The van der Waals surface area contributed by atoms with Gasteiger partial charge in [0.15, 0.2) is 5.84 Å². The van der Waals surface area contributed by atoms with Crippen LogP contribution in [0.1, 0.15) is 72.4 Å². The standard InChI is InChI=1S/C28H39N3O4S/c1-6-20-12-22(28(31-35)30-15-26-19(5)23(17-36-26)11-18(3)4)13-21(7-2)25(20)10-8-9-24(33)14-29-27(34)16-32/h8,10,12-13,15,17-18,24,32-33,35H,6-7,9,11,14,16H2,1-5H3,(H,29,34)/b10-8-,30-15+,31-28+. The molecule has 8 heteroatoms. The minimum atomic E-state index is -0.740. The van der Waals surface area contributed by atoms with Crippen molar-refractivity contribution in [1.82, 2.24) is 5.32 Å². The van der Waals surface area contributed by atoms with E-state index in [1.54, 1.807) is 17.6 Å². The molecule has 36 heavy (non-hydrogen) atoms. The molecule has 1 aromatic heterocycles. The zero-order chi connectivity index (χ0) is 26.7. The number of rotatable bonds is 12. The lowest BCUT2D eigenvalue weighted by atomic mass is 9.93. The number of nitrogens with one attached hydrogen (secondary N) is 1. The first-order valence-corrected chi connectivity index (χ1v) is 13.3. The van der Waals surface area contributed by atoms with E-state index in [0.29, 0.717) is 12.3 Å². The molecule has 0 aliphatic heterocycles. The predicted octanol–water partition coefficient (Wildman–Crippen LogP) is 4.51. The highest BCUT2D eigenvalue weighted by Gasteiger charge is 2.13. The van der Waals surface area contributed by atoms with E-state index >= 15 is 0 Å². The number of benzene rings is 1. The smallest absolute Gasteiger partial charge is 0.245 e. The van der Waals surface area contributed by atoms with Crippen molar-refractivity contribution in [3.63, 3.8) is 0 Å². The van der Waals surface area contributed by atoms with Gasteiger partial charge in [-0.05, 0) is 83.9 Å². The number of hydrogen-bond donors (Lipinski definition) is 4. The van der Waals surface area contributed by atoms with E-state index in [0.717, 1.165) is 46.4 Å². The average Bonchev–Trinajstić information content (AvgIpc) is 3.21. The normalized spacial score (nSPS) is 13.3. The Kier molecular flexibility index (Phi) is 12.0. The van der Waals surface area contributed by atoms with Crippen molar-refractivity contribution in [3.05, 3.63) is 61.8 Å². The van der Waals surface area contributed by atoms with Crippen LogP contribution in [0, 0.1) is 12.8 Å². The summed E-state index contributed by atoms with van der Waals surface area (Å²) in [6.45, 7) is 10.1. The van der Waals surface area contributed by atoms with Crippen molar-refractivity contribution < 1.29 is 20.2 Å². The fourth-order valence-corrected chi connectivity index (χ4v) is 4.90. The molecule has 0 bridgehead atoms. The SMILES string of the molecule is CCc1cc(C(/N=C/c2scc(CC(C)C)c2C)=N\O)cc(CC)c1/C=C\CC(O)CNC(=O)CO. The molecule has 2 aromatic rings. The molecule has 0 saturated carbocycles. The highest BCUT2D eigenvalue weighted by molar-refractivity contribution is 7.12. The van der Waals surface area contributed by atoms with E-state index in [2.05, 4.69) is 55.5 Å². The van der Waals surface area contributed by atoms with Gasteiger partial charge in [0.1, 0.15) is 6.61 Å². The average molecular weight is 514 g/mol. The van der Waals surface area contributed by atoms with Crippen LogP contribution in [-0.4, -0.2) is 52.6 Å². The van der Waals surface area contributed by atoms with Crippen LogP contribution in [0.4, 0.5) is 0 Å². The van der Waals surface area contributed by atoms with E-state index in [-0.39, 0.29) is 12.4 Å². The van der Waals surface area contributed by atoms with Crippen molar-refractivity contribution in [2.45, 2.75) is 66.4 Å². The quantitative estimate of drug-likeness (QED) is 0.145. The third-order valence-electron chi connectivity index (χ3n) is 5.95. The Bertz CT molecular complexity index is 1080. The maximum atomic E-state index is 11.1. The molecule has 1 aromatic carbocycles. The Morgan fingerprint density at radius 3 is 2.39 bits per heavy atom. The molecule has 2 rings (SSSR count). The van der Waals surface area contributed by atoms with Crippen molar-refractivity contribution in [1.29, 1.82) is 0 Å². The fourth-order valence-electron chi connectivity index (χ4n) is 3.94. The van der Waals surface area contributed by atoms with Crippen molar-refractivity contribution >= 4 is 35.4 Å². The van der Waals surface area contributed by atoms with Gasteiger partial charge in [0, 0.05) is 23.2 Å². The number of aliphatic imine (C=N–C) groups is 1. The zero-order valence-electron chi connectivity index (χ0n) is 21.9. The number of carbonyl (C=O) groups excluding carboxylic acids is 1. The van der Waals surface area contributed by atoms with E-state index in [1.807, 2.05) is 24.3 Å². The Balaban J connectivity index is 2.24. The summed E-state index contributed by atoms with van der Waals surface area (Å²) in [5.74, 6) is 0.341. The van der Waals surface area contributed by atoms with Crippen LogP contribution in [0.5, 0.6) is 0 Å². The lowest BCUT2D eigenvalue weighted by Crippen LogP contribution is -2.33. The van der Waals surface area contributed by atoms with Gasteiger partial charge in [0.2, 0.25) is 5.91 Å². The summed E-state index contributed by atoms with van der Waals surface area (Å²) < 4.78 is 0. The molecule has 4 N–H and O–H groups in total. The van der Waals surface area contributed by atoms with Crippen LogP contribution < -0.4 is 5.32 Å². The van der Waals surface area contributed by atoms with Crippen molar-refractivity contribution in [3.8, 4) is 0 Å². The second kappa shape index (κ2) is 14.7. The third-order valence-corrected chi connectivity index (χ3v) is 7.02. The molecule has 196 valence electrons. The number of hydrogen-bond acceptors (Lipinski definition) is 6. The number of amides is 1. The molecular weight excluding hydrogens is 474 g/mol. The lowest BCUT2D eigenvalue weighted by Gasteiger charge is -2.13. The van der Waals surface area contributed by atoms with E-state index in [4.69, 9.17) is 5.11 Å². The maximum Gasteiger partial charge on any atom is 0.245 e. The third kappa shape index (κ3) is 8.40. The van der Waals surface area contributed by atoms with Gasteiger partial charge in [-0.1, -0.05) is 45.0 Å². The van der Waals surface area contributed by atoms with Gasteiger partial charge in [-0.2, -0.15) is 0 Å². The predicted molar refractivity (Wildman–Crippen MR) is 148 cm³/mol. The molecule has 7 nitrogen and oxygen atoms in total. The largest absolute Gasteiger partial charge is 0.409 e. The number of aryl methyl sites for hydroxylation is 2. The first-order valence-electron chi connectivity index (χ1n) is 12.4. The highest BCUT2D eigenvalue weighted by Crippen LogP contribution is 2.25. The number of thiophene rings is 1. The fraction of sp³-hybridized carbons (Fsp3) is 0.464. The summed E-state index contributed by atoms with van der Waals surface area (Å²) >= 11 is 1.65. The van der Waals surface area contributed by atoms with Crippen molar-refractivity contribution in [2.24, 2.45) is 16.1 Å². The molecule has 0 fully saturated rings. The molecule has 0 spiro atoms. The van der Waals surface area contributed by atoms with Crippen LogP contribution in [-0.2, 0) is 24.1 Å². The van der Waals surface area contributed by atoms with Gasteiger partial charge in [-0.25, -0.2) is 4.99 Å². The first kappa shape index (κ1) is 29.4. The molecular formula is C28H39N3O4S. The van der Waals surface area contributed by atoms with Crippen LogP contribution in [0.2, 0.25) is 0 Å². The van der Waals surface area contributed by atoms with Gasteiger partial charge in [-0.15, -0.1) is 11.3 Å². The molecule has 1 unspecified atom stereocenters. The molecule has 0 radical (unpaired) electrons. The molecule has 1 heterocycles. The van der Waals surface area contributed by atoms with E-state index < -0.39 is 18.6 Å². The summed E-state index contributed by atoms with van der Waals surface area (Å²) in [5, 5.41) is 36.7. The number of amidine groups is 1. The summed E-state index contributed by atoms with van der Waals surface area (Å²) in [4.78, 5) is 16.7. The van der Waals surface area contributed by atoms with Crippen molar-refractivity contribution in [2.75, 3.05) is 13.2 Å². The maximum absolute atomic E-state index is 11.1. The van der Waals surface area contributed by atoms with Crippen LogP contribution >= 0.6 is 11.3 Å². The molecule has 1 amide bonds. The van der Waals surface area contributed by atoms with E-state index in [9.17, 15) is 15.1 Å². The number of aliphatic hydroxyl groups is 2. The van der Waals surface area contributed by atoms with Crippen LogP contribution in [0.3, 0.4) is 0 Å². The summed E-state index contributed by atoms with van der Waals surface area (Å²) in [6.07, 6.45) is 7.86. The second-order valence-electron chi connectivity index (χ2n) is 9.20. The van der Waals surface area contributed by atoms with Gasteiger partial charge in [-0.3, -0.25) is 4.79 Å². The minimum absolute atomic E-state index is 0.0843. The second-order valence-corrected chi connectivity index (χ2v) is 10.1. The van der Waals surface area contributed by atoms with Gasteiger partial charge in [0.25, 0.3) is 0 Å². The minimum Gasteiger partial charge on any atom is -0.409 e. The Labute approximate surface area is 218 Å². The summed E-state index contributed by atoms with van der Waals surface area (Å²) in [6, 6.07) is 3.99. The molecule has 0 saturated heterocycles. The Morgan fingerprint density at radius 1 is 1.17 bits per heavy atom. The number of carbonyl (C=O) groups is 1. The van der Waals surface area contributed by atoms with Crippen LogP contribution in [0.15, 0.2) is 33.7 Å². The van der Waals surface area contributed by atoms with Gasteiger partial charge < -0.3 is 20.7 Å². The Hall–Kier alpha value is -2.81. The molecule has 0 aliphatic rings. The summed E-state index contributed by atoms with van der Waals surface area (Å²) in [5.41, 5.74) is 6.56. The zero-order valence-corrected chi connectivity index (χ0v) is 22.7. The number of nitrogens with zero attached hydrogens (tertiary/aromatic N) is 2. The monoisotopic (exact) mass is 513 g/mol. The van der Waals surface area contributed by atoms with Crippen LogP contribution in [0.25, 0.3) is 6.08 Å².